The van der Waals surface area contributed by atoms with Gasteiger partial charge in [-0.1, -0.05) is 20.8 Å². The van der Waals surface area contributed by atoms with E-state index in [-0.39, 0.29) is 11.1 Å². The van der Waals surface area contributed by atoms with Crippen molar-refractivity contribution in [2.45, 2.75) is 20.8 Å². The predicted molar refractivity (Wildman–Crippen MR) is 33.0 cm³/mol. The van der Waals surface area contributed by atoms with E-state index in [1.54, 1.807) is 7.85 Å². The first-order valence-electron chi connectivity index (χ1n) is 2.45. The zero-order valence-corrected chi connectivity index (χ0v) is 5.41. The van der Waals surface area contributed by atoms with Gasteiger partial charge in [0.05, 0.1) is 5.68 Å². The summed E-state index contributed by atoms with van der Waals surface area (Å²) in [7, 11) is 1.61. The van der Waals surface area contributed by atoms with E-state index in [0.29, 0.717) is 0 Å². The Balaban J connectivity index is 3.79. The van der Waals surface area contributed by atoms with Crippen LogP contribution in [0, 0.1) is 5.41 Å². The van der Waals surface area contributed by atoms with E-state index in [4.69, 9.17) is 0 Å². The Hall–Kier alpha value is -0.265. The molecule has 7 heavy (non-hydrogen) atoms. The van der Waals surface area contributed by atoms with Gasteiger partial charge in [0.2, 0.25) is 0 Å². The Morgan fingerprint density at radius 2 is 1.57 bits per heavy atom. The molecule has 0 radical (unpaired) electrons. The van der Waals surface area contributed by atoms with E-state index >= 15 is 0 Å². The van der Waals surface area contributed by atoms with Gasteiger partial charge in [-0.3, -0.25) is 0 Å². The molecule has 0 aliphatic heterocycles. The van der Waals surface area contributed by atoms with Crippen LogP contribution >= 0.6 is 0 Å². The molecule has 0 aromatic carbocycles. The predicted octanol–water partition coefficient (Wildman–Crippen LogP) is 0.192. The highest BCUT2D eigenvalue weighted by Crippen LogP contribution is 2.10. The molecule has 0 rings (SSSR count). The van der Waals surface area contributed by atoms with Crippen molar-refractivity contribution in [1.29, 1.82) is 0 Å². The molecule has 0 spiro atoms. The van der Waals surface area contributed by atoms with Crippen molar-refractivity contribution in [3.8, 4) is 0 Å². The summed E-state index contributed by atoms with van der Waals surface area (Å²) in [6.07, 6.45) is 0. The highest BCUT2D eigenvalue weighted by atomic mass is 16.1. The molecule has 1 nitrogen and oxygen atoms in total. The summed E-state index contributed by atoms with van der Waals surface area (Å²) in [6, 6.07) is 0. The van der Waals surface area contributed by atoms with Crippen LogP contribution < -0.4 is 0 Å². The second-order valence-electron chi connectivity index (χ2n) is 2.81. The summed E-state index contributed by atoms with van der Waals surface area (Å²) in [5, 5.41) is 0. The summed E-state index contributed by atoms with van der Waals surface area (Å²) >= 11 is 0. The van der Waals surface area contributed by atoms with Gasteiger partial charge in [0.1, 0.15) is 0 Å². The molecule has 0 fully saturated rings. The quantitative estimate of drug-likeness (QED) is 0.395. The number of carbonyl (C=O) groups excluding carboxylic acids is 1. The van der Waals surface area contributed by atoms with Gasteiger partial charge in [-0.15, -0.1) is 0 Å². The first-order chi connectivity index (χ1) is 2.94. The van der Waals surface area contributed by atoms with Crippen molar-refractivity contribution in [1.82, 2.24) is 0 Å². The average molecular weight is 98.0 g/mol. The molecule has 0 saturated carbocycles. The van der Waals surface area contributed by atoms with Gasteiger partial charge in [0.25, 0.3) is 0 Å². The van der Waals surface area contributed by atoms with Crippen LogP contribution in [0.3, 0.4) is 0 Å². The summed E-state index contributed by atoms with van der Waals surface area (Å²) < 4.78 is 0. The van der Waals surface area contributed by atoms with Crippen molar-refractivity contribution in [2.24, 2.45) is 5.41 Å². The van der Waals surface area contributed by atoms with E-state index < -0.39 is 0 Å². The molecule has 0 atom stereocenters. The molecule has 0 heterocycles. The summed E-state index contributed by atoms with van der Waals surface area (Å²) in [5.41, 5.74) is 0.104. The van der Waals surface area contributed by atoms with E-state index in [1.807, 2.05) is 20.8 Å². The minimum Gasteiger partial charge on any atom is -0.311 e. The maximum Gasteiger partial charge on any atom is 0.187 e. The minimum absolute atomic E-state index is 0.139. The monoisotopic (exact) mass is 98.1 g/mol. The molecule has 0 saturated heterocycles. The lowest BCUT2D eigenvalue weighted by atomic mass is 9.79. The topological polar surface area (TPSA) is 17.1 Å². The third-order valence-electron chi connectivity index (χ3n) is 1.06. The maximum atomic E-state index is 10.5. The molecule has 0 aromatic rings. The number of hydrogen-bond donors (Lipinski definition) is 0. The van der Waals surface area contributed by atoms with Gasteiger partial charge in [-0.05, 0) is 0 Å². The Morgan fingerprint density at radius 1 is 1.43 bits per heavy atom. The van der Waals surface area contributed by atoms with Crippen LogP contribution in [0.2, 0.25) is 0 Å². The molecule has 2 heteroatoms. The number of carbonyl (C=O) groups is 1. The van der Waals surface area contributed by atoms with Crippen LogP contribution in [-0.4, -0.2) is 13.5 Å². The van der Waals surface area contributed by atoms with Gasteiger partial charge in [0, 0.05) is 5.41 Å². The third-order valence-corrected chi connectivity index (χ3v) is 1.06. The highest BCUT2D eigenvalue weighted by molar-refractivity contribution is 6.58. The standard InChI is InChI=1S/C5H11BO/c1-5(2,3)4(6)7/h6H2,1-3H3. The fourth-order valence-electron chi connectivity index (χ4n) is 0. The maximum absolute atomic E-state index is 10.5. The van der Waals surface area contributed by atoms with Crippen molar-refractivity contribution in [3.05, 3.63) is 0 Å². The Bertz CT molecular complexity index is 80.6. The number of hydrogen-bond acceptors (Lipinski definition) is 1. The molecule has 0 aliphatic rings. The molecule has 0 aromatic heterocycles. The highest BCUT2D eigenvalue weighted by Gasteiger charge is 2.14. The largest absolute Gasteiger partial charge is 0.311 e. The first-order valence-corrected chi connectivity index (χ1v) is 2.45. The van der Waals surface area contributed by atoms with Crippen molar-refractivity contribution < 1.29 is 4.79 Å². The molecule has 0 bridgehead atoms. The van der Waals surface area contributed by atoms with E-state index in [2.05, 4.69) is 0 Å². The summed E-state index contributed by atoms with van der Waals surface area (Å²) in [4.78, 5) is 10.5. The second-order valence-corrected chi connectivity index (χ2v) is 2.81. The summed E-state index contributed by atoms with van der Waals surface area (Å²) in [6.45, 7) is 5.74. The Kier molecular flexibility index (Phi) is 1.62. The first kappa shape index (κ1) is 6.73. The van der Waals surface area contributed by atoms with Crippen LogP contribution in [0.5, 0.6) is 0 Å². The normalized spacial score (nSPS) is 11.3. The molecule has 0 N–H and O–H groups in total. The van der Waals surface area contributed by atoms with Gasteiger partial charge >= 0.3 is 0 Å². The van der Waals surface area contributed by atoms with Crippen molar-refractivity contribution in [2.75, 3.05) is 0 Å². The minimum atomic E-state index is -0.139. The molecule has 0 amide bonds. The smallest absolute Gasteiger partial charge is 0.187 e. The molecule has 0 unspecified atom stereocenters. The fraction of sp³-hybridized carbons (Fsp3) is 0.800. The zero-order valence-electron chi connectivity index (χ0n) is 5.41. The zero-order chi connectivity index (χ0) is 6.08. The lowest BCUT2D eigenvalue weighted by molar-refractivity contribution is -0.118. The van der Waals surface area contributed by atoms with E-state index in [0.717, 1.165) is 0 Å². The van der Waals surface area contributed by atoms with Crippen LogP contribution in [0.25, 0.3) is 0 Å². The van der Waals surface area contributed by atoms with Gasteiger partial charge in [0.15, 0.2) is 7.85 Å². The SMILES string of the molecule is BC(=O)C(C)(C)C. The summed E-state index contributed by atoms with van der Waals surface area (Å²) in [5.74, 6) is 0. The second kappa shape index (κ2) is 1.69. The van der Waals surface area contributed by atoms with Crippen LogP contribution in [-0.2, 0) is 4.79 Å². The molecular weight excluding hydrogens is 86.9 g/mol. The van der Waals surface area contributed by atoms with Gasteiger partial charge in [-0.25, -0.2) is 0 Å². The third kappa shape index (κ3) is 2.43. The van der Waals surface area contributed by atoms with Crippen LogP contribution in [0.1, 0.15) is 20.8 Å². The van der Waals surface area contributed by atoms with Crippen molar-refractivity contribution >= 4 is 13.5 Å². The van der Waals surface area contributed by atoms with E-state index in [1.165, 1.54) is 0 Å². The van der Waals surface area contributed by atoms with Crippen LogP contribution in [0.4, 0.5) is 0 Å². The van der Waals surface area contributed by atoms with Gasteiger partial charge in [-0.2, -0.15) is 0 Å². The molecule has 0 aliphatic carbocycles. The molecule has 40 valence electrons. The average Bonchev–Trinajstić information content (AvgIpc) is 1.31. The fourth-order valence-corrected chi connectivity index (χ4v) is 0. The van der Waals surface area contributed by atoms with Gasteiger partial charge < -0.3 is 4.79 Å². The molecular formula is C5H11BO. The van der Waals surface area contributed by atoms with Crippen molar-refractivity contribution in [3.63, 3.8) is 0 Å². The Labute approximate surface area is 45.5 Å². The lowest BCUT2D eigenvalue weighted by Crippen LogP contribution is -2.19. The number of rotatable bonds is 0. The van der Waals surface area contributed by atoms with E-state index in [9.17, 15) is 4.79 Å². The van der Waals surface area contributed by atoms with Crippen LogP contribution in [0.15, 0.2) is 0 Å². The lowest BCUT2D eigenvalue weighted by Gasteiger charge is -2.11. The Morgan fingerprint density at radius 3 is 1.57 bits per heavy atom.